The fourth-order valence-electron chi connectivity index (χ4n) is 2.75. The monoisotopic (exact) mass is 403 g/mol. The first-order valence-corrected chi connectivity index (χ1v) is 9.07. The summed E-state index contributed by atoms with van der Waals surface area (Å²) in [6, 6.07) is 10.6. The van der Waals surface area contributed by atoms with Crippen molar-refractivity contribution in [2.24, 2.45) is 0 Å². The Morgan fingerprint density at radius 3 is 2.68 bits per heavy atom. The van der Waals surface area contributed by atoms with Crippen molar-refractivity contribution >= 4 is 28.3 Å². The van der Waals surface area contributed by atoms with Crippen LogP contribution >= 0.6 is 11.3 Å². The topological polar surface area (TPSA) is 68.0 Å². The zero-order valence-electron chi connectivity index (χ0n) is 14.2. The highest BCUT2D eigenvalue weighted by Crippen LogP contribution is 2.33. The molecule has 1 aromatic carbocycles. The number of alkyl halides is 2. The van der Waals surface area contributed by atoms with Gasteiger partial charge in [-0.15, -0.1) is 11.3 Å². The molecular formula is C19H12F3N3O2S. The second-order valence-electron chi connectivity index (χ2n) is 5.85. The largest absolute Gasteiger partial charge is 0.346 e. The lowest BCUT2D eigenvalue weighted by Crippen LogP contribution is -2.28. The Balaban J connectivity index is 1.89. The maximum absolute atomic E-state index is 13.2. The molecule has 3 heterocycles. The number of hydrogen-bond acceptors (Lipinski definition) is 5. The third-order valence-electron chi connectivity index (χ3n) is 4.00. The predicted molar refractivity (Wildman–Crippen MR) is 98.8 cm³/mol. The van der Waals surface area contributed by atoms with Gasteiger partial charge in [0, 0.05) is 5.56 Å². The molecule has 0 radical (unpaired) electrons. The molecular weight excluding hydrogens is 391 g/mol. The van der Waals surface area contributed by atoms with E-state index < -0.39 is 24.7 Å². The summed E-state index contributed by atoms with van der Waals surface area (Å²) in [6.07, 6.45) is -2.68. The standard InChI is InChI=1S/C19H12F3N3O2S/c20-11-5-3-10(4-6-11)17-16-12(18(26)23-9-15(21)22)8-13(14-2-1-7-28-14)24-19(16)27-25-17/h1-8,15H,9H2,(H,23,26). The number of pyridine rings is 1. The lowest BCUT2D eigenvalue weighted by Gasteiger charge is -2.08. The molecule has 0 unspecified atom stereocenters. The van der Waals surface area contributed by atoms with Crippen molar-refractivity contribution in [1.82, 2.24) is 15.5 Å². The summed E-state index contributed by atoms with van der Waals surface area (Å²) in [7, 11) is 0. The summed E-state index contributed by atoms with van der Waals surface area (Å²) in [5, 5.41) is 8.29. The molecule has 0 spiro atoms. The molecule has 0 bridgehead atoms. The summed E-state index contributed by atoms with van der Waals surface area (Å²) in [6.45, 7) is -0.784. The molecule has 9 heteroatoms. The number of carbonyl (C=O) groups excluding carboxylic acids is 1. The fraction of sp³-hybridized carbons (Fsp3) is 0.105. The fourth-order valence-corrected chi connectivity index (χ4v) is 3.44. The van der Waals surface area contributed by atoms with Crippen LogP contribution in [0.2, 0.25) is 0 Å². The Bertz CT molecular complexity index is 1130. The van der Waals surface area contributed by atoms with Crippen molar-refractivity contribution in [3.8, 4) is 21.8 Å². The third kappa shape index (κ3) is 3.48. The Morgan fingerprint density at radius 2 is 2.00 bits per heavy atom. The highest BCUT2D eigenvalue weighted by Gasteiger charge is 2.22. The van der Waals surface area contributed by atoms with E-state index in [0.717, 1.165) is 4.88 Å². The molecule has 1 N–H and O–H groups in total. The van der Waals surface area contributed by atoms with Gasteiger partial charge in [0.15, 0.2) is 0 Å². The van der Waals surface area contributed by atoms with Gasteiger partial charge in [0.2, 0.25) is 0 Å². The number of thiophene rings is 1. The molecule has 0 saturated heterocycles. The summed E-state index contributed by atoms with van der Waals surface area (Å²) >= 11 is 1.41. The van der Waals surface area contributed by atoms with E-state index in [1.807, 2.05) is 17.5 Å². The first kappa shape index (κ1) is 18.2. The van der Waals surface area contributed by atoms with Crippen molar-refractivity contribution in [2.45, 2.75) is 6.43 Å². The van der Waals surface area contributed by atoms with Crippen LogP contribution < -0.4 is 5.32 Å². The molecule has 0 saturated carbocycles. The molecule has 28 heavy (non-hydrogen) atoms. The summed E-state index contributed by atoms with van der Waals surface area (Å²) in [5.74, 6) is -1.12. The molecule has 3 aromatic heterocycles. The number of hydrogen-bond donors (Lipinski definition) is 1. The number of halogens is 3. The van der Waals surface area contributed by atoms with Crippen LogP contribution in [0.15, 0.2) is 52.4 Å². The minimum atomic E-state index is -2.68. The van der Waals surface area contributed by atoms with E-state index in [4.69, 9.17) is 4.52 Å². The van der Waals surface area contributed by atoms with Crippen LogP contribution in [0.5, 0.6) is 0 Å². The van der Waals surface area contributed by atoms with E-state index in [1.54, 1.807) is 0 Å². The van der Waals surface area contributed by atoms with Crippen LogP contribution in [0.4, 0.5) is 13.2 Å². The highest BCUT2D eigenvalue weighted by atomic mass is 32.1. The first-order chi connectivity index (χ1) is 13.5. The molecule has 0 fully saturated rings. The zero-order valence-corrected chi connectivity index (χ0v) is 15.0. The quantitative estimate of drug-likeness (QED) is 0.522. The molecule has 0 aliphatic rings. The van der Waals surface area contributed by atoms with Gasteiger partial charge in [0.25, 0.3) is 18.0 Å². The summed E-state index contributed by atoms with van der Waals surface area (Å²) in [5.41, 5.74) is 1.45. The lowest BCUT2D eigenvalue weighted by atomic mass is 10.0. The van der Waals surface area contributed by atoms with E-state index in [2.05, 4.69) is 15.5 Å². The molecule has 4 rings (SSSR count). The van der Waals surface area contributed by atoms with Crippen LogP contribution in [0, 0.1) is 5.82 Å². The third-order valence-corrected chi connectivity index (χ3v) is 4.89. The van der Waals surface area contributed by atoms with Gasteiger partial charge in [-0.3, -0.25) is 4.79 Å². The second-order valence-corrected chi connectivity index (χ2v) is 6.80. The summed E-state index contributed by atoms with van der Waals surface area (Å²) < 4.78 is 43.7. The maximum atomic E-state index is 13.2. The van der Waals surface area contributed by atoms with Gasteiger partial charge in [0.05, 0.1) is 28.1 Å². The van der Waals surface area contributed by atoms with Gasteiger partial charge >= 0.3 is 0 Å². The SMILES string of the molecule is O=C(NCC(F)F)c1cc(-c2cccs2)nc2onc(-c3ccc(F)cc3)c12. The number of benzene rings is 1. The van der Waals surface area contributed by atoms with Crippen molar-refractivity contribution in [3.63, 3.8) is 0 Å². The van der Waals surface area contributed by atoms with Crippen LogP contribution in [0.1, 0.15) is 10.4 Å². The number of aromatic nitrogens is 2. The van der Waals surface area contributed by atoms with Crippen LogP contribution in [0.3, 0.4) is 0 Å². The number of nitrogens with one attached hydrogen (secondary N) is 1. The van der Waals surface area contributed by atoms with Crippen molar-refractivity contribution in [2.75, 3.05) is 6.54 Å². The molecule has 4 aromatic rings. The van der Waals surface area contributed by atoms with E-state index in [0.29, 0.717) is 11.3 Å². The smallest absolute Gasteiger partial charge is 0.259 e. The van der Waals surface area contributed by atoms with Gasteiger partial charge in [-0.05, 0) is 41.8 Å². The minimum absolute atomic E-state index is 0.0902. The van der Waals surface area contributed by atoms with Crippen LogP contribution in [0.25, 0.3) is 32.9 Å². The number of amides is 1. The number of nitrogens with zero attached hydrogens (tertiary/aromatic N) is 2. The van der Waals surface area contributed by atoms with Crippen LogP contribution in [-0.4, -0.2) is 29.0 Å². The van der Waals surface area contributed by atoms with Gasteiger partial charge in [-0.2, -0.15) is 0 Å². The maximum Gasteiger partial charge on any atom is 0.259 e. The van der Waals surface area contributed by atoms with Gasteiger partial charge in [0.1, 0.15) is 11.5 Å². The van der Waals surface area contributed by atoms with Gasteiger partial charge in [-0.1, -0.05) is 11.2 Å². The molecule has 5 nitrogen and oxygen atoms in total. The van der Waals surface area contributed by atoms with E-state index in [9.17, 15) is 18.0 Å². The molecule has 0 atom stereocenters. The Labute approximate surface area is 160 Å². The first-order valence-electron chi connectivity index (χ1n) is 8.19. The number of rotatable bonds is 5. The van der Waals surface area contributed by atoms with E-state index in [1.165, 1.54) is 41.7 Å². The van der Waals surface area contributed by atoms with Gasteiger partial charge < -0.3 is 9.84 Å². The van der Waals surface area contributed by atoms with E-state index >= 15 is 0 Å². The second kappa shape index (κ2) is 7.43. The highest BCUT2D eigenvalue weighted by molar-refractivity contribution is 7.13. The molecule has 1 amide bonds. The Kier molecular flexibility index (Phi) is 4.82. The normalized spacial score (nSPS) is 11.3. The lowest BCUT2D eigenvalue weighted by molar-refractivity contribution is 0.0893. The average Bonchev–Trinajstić information content (AvgIpc) is 3.36. The summed E-state index contributed by atoms with van der Waals surface area (Å²) in [4.78, 5) is 17.8. The van der Waals surface area contributed by atoms with Gasteiger partial charge in [-0.25, -0.2) is 18.2 Å². The van der Waals surface area contributed by atoms with Crippen molar-refractivity contribution in [3.05, 3.63) is 59.2 Å². The van der Waals surface area contributed by atoms with Crippen molar-refractivity contribution in [1.29, 1.82) is 0 Å². The van der Waals surface area contributed by atoms with Crippen LogP contribution in [-0.2, 0) is 0 Å². The molecule has 0 aliphatic carbocycles. The van der Waals surface area contributed by atoms with E-state index in [-0.39, 0.29) is 22.4 Å². The zero-order chi connectivity index (χ0) is 19.7. The predicted octanol–water partition coefficient (Wildman–Crippen LogP) is 4.75. The Morgan fingerprint density at radius 1 is 1.21 bits per heavy atom. The Hall–Kier alpha value is -3.20. The number of carbonyl (C=O) groups is 1. The average molecular weight is 403 g/mol. The van der Waals surface area contributed by atoms with Crippen molar-refractivity contribution < 1.29 is 22.5 Å². The molecule has 0 aliphatic heterocycles. The minimum Gasteiger partial charge on any atom is -0.346 e. The number of fused-ring (bicyclic) bond motifs is 1. The molecule has 142 valence electrons.